The van der Waals surface area contributed by atoms with E-state index in [1.807, 2.05) is 18.2 Å². The molecule has 2 rings (SSSR count). The van der Waals surface area contributed by atoms with E-state index in [1.165, 1.54) is 11.1 Å². The highest BCUT2D eigenvalue weighted by Crippen LogP contribution is 2.22. The number of aromatic nitrogens is 1. The minimum Gasteiger partial charge on any atom is -0.370 e. The highest BCUT2D eigenvalue weighted by atomic mass is 15.1. The first-order valence-electron chi connectivity index (χ1n) is 6.75. The predicted molar refractivity (Wildman–Crippen MR) is 82.2 cm³/mol. The summed E-state index contributed by atoms with van der Waals surface area (Å²) in [6, 6.07) is 12.2. The number of hydrogen-bond donors (Lipinski definition) is 2. The first kappa shape index (κ1) is 13.4. The molecule has 3 nitrogen and oxygen atoms in total. The van der Waals surface area contributed by atoms with E-state index in [0.717, 1.165) is 30.3 Å². The van der Waals surface area contributed by atoms with Gasteiger partial charge in [-0.3, -0.25) is 0 Å². The molecule has 0 aliphatic carbocycles. The third-order valence-electron chi connectivity index (χ3n) is 3.17. The molecule has 1 aromatic carbocycles. The third kappa shape index (κ3) is 3.47. The van der Waals surface area contributed by atoms with Crippen LogP contribution in [0.2, 0.25) is 0 Å². The Morgan fingerprint density at radius 1 is 1.00 bits per heavy atom. The Bertz CT molecular complexity index is 549. The number of benzene rings is 1. The fourth-order valence-electron chi connectivity index (χ4n) is 1.88. The summed E-state index contributed by atoms with van der Waals surface area (Å²) in [6.45, 7) is 7.33. The van der Waals surface area contributed by atoms with Gasteiger partial charge in [0, 0.05) is 12.2 Å². The largest absolute Gasteiger partial charge is 0.370 e. The summed E-state index contributed by atoms with van der Waals surface area (Å²) in [5.41, 5.74) is 3.65. The maximum absolute atomic E-state index is 4.55. The lowest BCUT2D eigenvalue weighted by molar-refractivity contribution is 0.970. The van der Waals surface area contributed by atoms with Gasteiger partial charge in [-0.05, 0) is 49.6 Å². The average molecular weight is 255 g/mol. The van der Waals surface area contributed by atoms with Crippen LogP contribution in [-0.2, 0) is 0 Å². The second kappa shape index (κ2) is 6.23. The quantitative estimate of drug-likeness (QED) is 0.838. The molecule has 0 unspecified atom stereocenters. The van der Waals surface area contributed by atoms with Crippen molar-refractivity contribution in [1.82, 2.24) is 4.98 Å². The van der Waals surface area contributed by atoms with E-state index in [0.29, 0.717) is 0 Å². The van der Waals surface area contributed by atoms with Gasteiger partial charge in [-0.15, -0.1) is 0 Å². The van der Waals surface area contributed by atoms with Crippen LogP contribution in [0.25, 0.3) is 0 Å². The zero-order chi connectivity index (χ0) is 13.7. The lowest BCUT2D eigenvalue weighted by Gasteiger charge is -2.12. The molecule has 1 aromatic heterocycles. The van der Waals surface area contributed by atoms with Crippen molar-refractivity contribution in [3.05, 3.63) is 47.5 Å². The van der Waals surface area contributed by atoms with E-state index in [9.17, 15) is 0 Å². The molecule has 2 N–H and O–H groups in total. The van der Waals surface area contributed by atoms with Gasteiger partial charge >= 0.3 is 0 Å². The predicted octanol–water partition coefficient (Wildman–Crippen LogP) is 4.26. The minimum absolute atomic E-state index is 0.870. The van der Waals surface area contributed by atoms with Crippen molar-refractivity contribution < 1.29 is 0 Å². The van der Waals surface area contributed by atoms with Crippen molar-refractivity contribution in [2.24, 2.45) is 0 Å². The van der Waals surface area contributed by atoms with Crippen LogP contribution < -0.4 is 10.6 Å². The zero-order valence-corrected chi connectivity index (χ0v) is 11.8. The Balaban J connectivity index is 2.16. The van der Waals surface area contributed by atoms with Crippen LogP contribution in [0.15, 0.2) is 36.4 Å². The van der Waals surface area contributed by atoms with Gasteiger partial charge in [0.1, 0.15) is 11.6 Å². The number of nitrogens with zero attached hydrogens (tertiary/aromatic N) is 1. The third-order valence-corrected chi connectivity index (χ3v) is 3.17. The fourth-order valence-corrected chi connectivity index (χ4v) is 1.88. The van der Waals surface area contributed by atoms with Gasteiger partial charge in [0.25, 0.3) is 0 Å². The first-order chi connectivity index (χ1) is 9.20. The van der Waals surface area contributed by atoms with Crippen LogP contribution in [0, 0.1) is 13.8 Å². The molecule has 0 saturated carbocycles. The standard InChI is InChI=1S/C16H21N3/c1-4-11-17-15-9-6-10-16(19-15)18-14-8-5-7-12(2)13(14)3/h5-10H,4,11H2,1-3H3,(H2,17,18,19). The van der Waals surface area contributed by atoms with Crippen molar-refractivity contribution in [2.75, 3.05) is 17.2 Å². The Kier molecular flexibility index (Phi) is 4.39. The second-order valence-electron chi connectivity index (χ2n) is 4.71. The summed E-state index contributed by atoms with van der Waals surface area (Å²) in [5.74, 6) is 1.78. The van der Waals surface area contributed by atoms with Gasteiger partial charge in [0.15, 0.2) is 0 Å². The van der Waals surface area contributed by atoms with Crippen LogP contribution in [-0.4, -0.2) is 11.5 Å². The molecule has 100 valence electrons. The van der Waals surface area contributed by atoms with Crippen molar-refractivity contribution in [3.8, 4) is 0 Å². The molecule has 0 atom stereocenters. The Hall–Kier alpha value is -2.03. The van der Waals surface area contributed by atoms with Crippen molar-refractivity contribution in [3.63, 3.8) is 0 Å². The van der Waals surface area contributed by atoms with Gasteiger partial charge in [0.05, 0.1) is 0 Å². The summed E-state index contributed by atoms with van der Waals surface area (Å²) < 4.78 is 0. The minimum atomic E-state index is 0.870. The lowest BCUT2D eigenvalue weighted by atomic mass is 10.1. The van der Waals surface area contributed by atoms with Gasteiger partial charge in [0.2, 0.25) is 0 Å². The Labute approximate surface area is 115 Å². The highest BCUT2D eigenvalue weighted by Gasteiger charge is 2.02. The molecule has 1 heterocycles. The number of aryl methyl sites for hydroxylation is 1. The molecule has 0 saturated heterocycles. The van der Waals surface area contributed by atoms with E-state index in [2.05, 4.69) is 54.6 Å². The van der Waals surface area contributed by atoms with Crippen molar-refractivity contribution in [1.29, 1.82) is 0 Å². The summed E-state index contributed by atoms with van der Waals surface area (Å²) in [6.07, 6.45) is 1.09. The molecule has 0 radical (unpaired) electrons. The molecule has 0 spiro atoms. The van der Waals surface area contributed by atoms with Crippen molar-refractivity contribution >= 4 is 17.3 Å². The summed E-state index contributed by atoms with van der Waals surface area (Å²) in [4.78, 5) is 4.55. The molecule has 0 bridgehead atoms. The zero-order valence-electron chi connectivity index (χ0n) is 11.8. The number of hydrogen-bond acceptors (Lipinski definition) is 3. The smallest absolute Gasteiger partial charge is 0.132 e. The highest BCUT2D eigenvalue weighted by molar-refractivity contribution is 5.63. The summed E-state index contributed by atoms with van der Waals surface area (Å²) in [5, 5.41) is 6.67. The van der Waals surface area contributed by atoms with E-state index in [-0.39, 0.29) is 0 Å². The summed E-state index contributed by atoms with van der Waals surface area (Å²) >= 11 is 0. The van der Waals surface area contributed by atoms with Crippen LogP contribution in [0.4, 0.5) is 17.3 Å². The molecule has 0 amide bonds. The summed E-state index contributed by atoms with van der Waals surface area (Å²) in [7, 11) is 0. The normalized spacial score (nSPS) is 10.3. The van der Waals surface area contributed by atoms with E-state index in [4.69, 9.17) is 0 Å². The maximum atomic E-state index is 4.55. The van der Waals surface area contributed by atoms with Gasteiger partial charge < -0.3 is 10.6 Å². The second-order valence-corrected chi connectivity index (χ2v) is 4.71. The Morgan fingerprint density at radius 3 is 2.53 bits per heavy atom. The fraction of sp³-hybridized carbons (Fsp3) is 0.312. The van der Waals surface area contributed by atoms with Crippen LogP contribution in [0.3, 0.4) is 0 Å². The molecule has 0 aliphatic rings. The number of anilines is 3. The number of rotatable bonds is 5. The van der Waals surface area contributed by atoms with Crippen LogP contribution in [0.5, 0.6) is 0 Å². The van der Waals surface area contributed by atoms with Gasteiger partial charge in [-0.25, -0.2) is 4.98 Å². The van der Waals surface area contributed by atoms with Gasteiger partial charge in [-0.2, -0.15) is 0 Å². The monoisotopic (exact) mass is 255 g/mol. The molecular formula is C16H21N3. The molecular weight excluding hydrogens is 234 g/mol. The topological polar surface area (TPSA) is 37.0 Å². The molecule has 3 heteroatoms. The molecule has 0 fully saturated rings. The van der Waals surface area contributed by atoms with E-state index < -0.39 is 0 Å². The lowest BCUT2D eigenvalue weighted by Crippen LogP contribution is -2.03. The van der Waals surface area contributed by atoms with E-state index >= 15 is 0 Å². The molecule has 0 aliphatic heterocycles. The SMILES string of the molecule is CCCNc1cccc(Nc2cccc(C)c2C)n1. The van der Waals surface area contributed by atoms with Crippen LogP contribution >= 0.6 is 0 Å². The van der Waals surface area contributed by atoms with Gasteiger partial charge in [-0.1, -0.05) is 25.1 Å². The number of pyridine rings is 1. The molecule has 19 heavy (non-hydrogen) atoms. The molecule has 2 aromatic rings. The maximum Gasteiger partial charge on any atom is 0.132 e. The number of nitrogens with one attached hydrogen (secondary N) is 2. The van der Waals surface area contributed by atoms with E-state index in [1.54, 1.807) is 0 Å². The first-order valence-corrected chi connectivity index (χ1v) is 6.75. The van der Waals surface area contributed by atoms with Crippen LogP contribution in [0.1, 0.15) is 24.5 Å². The average Bonchev–Trinajstić information content (AvgIpc) is 2.42. The van der Waals surface area contributed by atoms with Crippen molar-refractivity contribution in [2.45, 2.75) is 27.2 Å². The Morgan fingerprint density at radius 2 is 1.74 bits per heavy atom.